The second-order valence-electron chi connectivity index (χ2n) is 2.87. The van der Waals surface area contributed by atoms with Crippen LogP contribution < -0.4 is 0 Å². The van der Waals surface area contributed by atoms with Gasteiger partial charge in [-0.2, -0.15) is 0 Å². The van der Waals surface area contributed by atoms with Crippen LogP contribution >= 0.6 is 9.58 Å². The van der Waals surface area contributed by atoms with E-state index in [0.29, 0.717) is 0 Å². The third-order valence-corrected chi connectivity index (χ3v) is 3.18. The molecule has 0 N–H and O–H groups in total. The first kappa shape index (κ1) is 8.54. The van der Waals surface area contributed by atoms with Gasteiger partial charge in [0.2, 0.25) is 0 Å². The Balaban J connectivity index is 4.02. The van der Waals surface area contributed by atoms with E-state index in [-0.39, 0.29) is 4.75 Å². The van der Waals surface area contributed by atoms with E-state index in [1.54, 1.807) is 0 Å². The van der Waals surface area contributed by atoms with Crippen molar-refractivity contribution in [1.29, 1.82) is 0 Å². The van der Waals surface area contributed by atoms with Crippen molar-refractivity contribution < 1.29 is 0 Å². The predicted molar refractivity (Wildman–Crippen MR) is 44.6 cm³/mol. The average Bonchev–Trinajstić information content (AvgIpc) is 1.25. The molecule has 0 aromatic carbocycles. The molecule has 0 saturated carbocycles. The molecule has 0 aliphatic carbocycles. The second-order valence-corrected chi connectivity index (χ2v) is 5.62. The largest absolute Gasteiger partial charge is 0.360 e. The van der Waals surface area contributed by atoms with Crippen LogP contribution in [0, 0.1) is 0 Å². The average molecular weight is 122 g/mol. The van der Waals surface area contributed by atoms with Gasteiger partial charge in [-0.1, -0.05) is 20.8 Å². The number of hydrogen-bond acceptors (Lipinski definition) is 0. The molecule has 0 unspecified atom stereocenters. The summed E-state index contributed by atoms with van der Waals surface area (Å²) in [6.07, 6.45) is 0. The minimum absolute atomic E-state index is 0.146. The first-order chi connectivity index (χ1) is 3.25. The Labute approximate surface area is 57.0 Å². The van der Waals surface area contributed by atoms with E-state index < -0.39 is 9.58 Å². The zero-order valence-corrected chi connectivity index (χ0v) is 6.46. The zero-order chi connectivity index (χ0) is 7.00. The molecule has 0 aromatic heterocycles. The van der Waals surface area contributed by atoms with Crippen LogP contribution in [0.1, 0.15) is 20.8 Å². The van der Waals surface area contributed by atoms with Crippen molar-refractivity contribution in [2.75, 3.05) is 0 Å². The van der Waals surface area contributed by atoms with Gasteiger partial charge in [-0.25, -0.2) is 0 Å². The molecule has 0 saturated heterocycles. The number of rotatable bonds is 0. The van der Waals surface area contributed by atoms with Gasteiger partial charge in [0.15, 0.2) is 0 Å². The lowest BCUT2D eigenvalue weighted by atomic mass is 10.2. The Morgan fingerprint density at radius 2 is 1.12 bits per heavy atom. The van der Waals surface area contributed by atoms with E-state index >= 15 is 0 Å². The quantitative estimate of drug-likeness (QED) is 0.417. The monoisotopic (exact) mass is 122 g/mol. The molecule has 0 amide bonds. The van der Waals surface area contributed by atoms with Crippen LogP contribution in [-0.4, -0.2) is 26.1 Å². The predicted octanol–water partition coefficient (Wildman–Crippen LogP) is 0.840. The molecule has 0 aromatic rings. The summed E-state index contributed by atoms with van der Waals surface area (Å²) in [5, 5.41) is 0. The first-order valence-corrected chi connectivity index (χ1v) is 4.23. The molecule has 0 rings (SSSR count). The maximum atomic E-state index is 5.45. The van der Waals surface area contributed by atoms with Crippen LogP contribution in [0.15, 0.2) is 0 Å². The van der Waals surface area contributed by atoms with Crippen LogP contribution in [0.3, 0.4) is 0 Å². The van der Waals surface area contributed by atoms with Crippen LogP contribution in [0.4, 0.5) is 0 Å². The van der Waals surface area contributed by atoms with E-state index in [1.807, 2.05) is 20.8 Å². The molecule has 0 nitrogen and oxygen atoms in total. The number of hydrogen-bond donors (Lipinski definition) is 0. The Morgan fingerprint density at radius 1 is 1.00 bits per heavy atom. The fourth-order valence-electron chi connectivity index (χ4n) is 0. The molecule has 0 heterocycles. The summed E-state index contributed by atoms with van der Waals surface area (Å²) >= 11 is 0. The molecule has 4 heteroatoms. The highest BCUT2D eigenvalue weighted by Crippen LogP contribution is 2.45. The van der Waals surface area contributed by atoms with Crippen molar-refractivity contribution in [2.24, 2.45) is 0 Å². The highest BCUT2D eigenvalue weighted by Gasteiger charge is 2.20. The van der Waals surface area contributed by atoms with Gasteiger partial charge in [0.25, 0.3) is 0 Å². The lowest BCUT2D eigenvalue weighted by Gasteiger charge is -2.43. The molecule has 40 valence electrons. The summed E-state index contributed by atoms with van der Waals surface area (Å²) in [5.74, 6) is 0. The van der Waals surface area contributed by atoms with Gasteiger partial charge < -0.3 is 9.58 Å². The summed E-state index contributed by atoms with van der Waals surface area (Å²) in [7, 11) is 14.5. The van der Waals surface area contributed by atoms with Crippen molar-refractivity contribution >= 4 is 31.0 Å². The molecule has 0 atom stereocenters. The van der Waals surface area contributed by atoms with Gasteiger partial charge >= 0.3 is 0 Å². The van der Waals surface area contributed by atoms with E-state index in [9.17, 15) is 0 Å². The molecule has 0 aliphatic heterocycles. The highest BCUT2D eigenvalue weighted by atomic mass is 32.3. The maximum absolute atomic E-state index is 5.45. The van der Waals surface area contributed by atoms with Crippen molar-refractivity contribution in [3.8, 4) is 0 Å². The summed E-state index contributed by atoms with van der Waals surface area (Å²) in [6, 6.07) is 0. The Kier molecular flexibility index (Phi) is 2.19. The first-order valence-electron chi connectivity index (χ1n) is 2.41. The molecule has 8 heavy (non-hydrogen) atoms. The lowest BCUT2D eigenvalue weighted by Crippen LogP contribution is -2.24. The smallest absolute Gasteiger partial charge is 0.113 e. The Bertz CT molecular complexity index is 66.3. The normalized spacial score (nSPS) is 15.9. The van der Waals surface area contributed by atoms with Crippen molar-refractivity contribution in [1.82, 2.24) is 0 Å². The molecular formula is C4H9B3S. The molecule has 0 spiro atoms. The SMILES string of the molecule is [B]S([B])([B])C(C)(C)C. The molecule has 0 aliphatic rings. The zero-order valence-electron chi connectivity index (χ0n) is 5.64. The lowest BCUT2D eigenvalue weighted by molar-refractivity contribution is 0.805. The fourth-order valence-corrected chi connectivity index (χ4v) is 0. The van der Waals surface area contributed by atoms with Crippen LogP contribution in [0.5, 0.6) is 0 Å². The van der Waals surface area contributed by atoms with Gasteiger partial charge in [0.1, 0.15) is 21.4 Å². The van der Waals surface area contributed by atoms with Gasteiger partial charge in [-0.3, -0.25) is 0 Å². The van der Waals surface area contributed by atoms with Crippen molar-refractivity contribution in [3.63, 3.8) is 0 Å². The Hall–Kier alpha value is 0.545. The van der Waals surface area contributed by atoms with E-state index in [1.165, 1.54) is 0 Å². The van der Waals surface area contributed by atoms with Crippen LogP contribution in [-0.2, 0) is 0 Å². The molecule has 0 bridgehead atoms. The third kappa shape index (κ3) is 2.21. The fraction of sp³-hybridized carbons (Fsp3) is 1.00. The van der Waals surface area contributed by atoms with Gasteiger partial charge in [0.05, 0.1) is 0 Å². The molecular weight excluding hydrogens is 113 g/mol. The Morgan fingerprint density at radius 3 is 1.12 bits per heavy atom. The summed E-state index contributed by atoms with van der Waals surface area (Å²) in [6.45, 7) is 5.80. The standard InChI is InChI=1S/C4H9B3S/c1-4(2,3)8(5,6)7/h1-3H3. The van der Waals surface area contributed by atoms with Gasteiger partial charge in [0, 0.05) is 0 Å². The topological polar surface area (TPSA) is 0 Å². The minimum Gasteiger partial charge on any atom is -0.360 e. The highest BCUT2D eigenvalue weighted by molar-refractivity contribution is 8.77. The van der Waals surface area contributed by atoms with Gasteiger partial charge in [-0.05, 0) is 4.75 Å². The third-order valence-electron chi connectivity index (χ3n) is 1.06. The summed E-state index contributed by atoms with van der Waals surface area (Å²) < 4.78 is -0.146. The molecule has 6 radical (unpaired) electrons. The second kappa shape index (κ2) is 2.05. The summed E-state index contributed by atoms with van der Waals surface area (Å²) in [4.78, 5) is 0. The van der Waals surface area contributed by atoms with Gasteiger partial charge in [-0.15, -0.1) is 0 Å². The van der Waals surface area contributed by atoms with E-state index in [4.69, 9.17) is 21.4 Å². The van der Waals surface area contributed by atoms with E-state index in [2.05, 4.69) is 0 Å². The van der Waals surface area contributed by atoms with E-state index in [0.717, 1.165) is 0 Å². The van der Waals surface area contributed by atoms with Crippen molar-refractivity contribution in [2.45, 2.75) is 25.5 Å². The maximum Gasteiger partial charge on any atom is 0.113 e. The minimum atomic E-state index is -1.84. The summed E-state index contributed by atoms with van der Waals surface area (Å²) in [5.41, 5.74) is 0. The van der Waals surface area contributed by atoms with Crippen molar-refractivity contribution in [3.05, 3.63) is 0 Å². The van der Waals surface area contributed by atoms with Crippen LogP contribution in [0.2, 0.25) is 0 Å². The van der Waals surface area contributed by atoms with Crippen LogP contribution in [0.25, 0.3) is 0 Å². The molecule has 0 fully saturated rings.